The molecule has 0 saturated carbocycles. The summed E-state index contributed by atoms with van der Waals surface area (Å²) in [6.45, 7) is 2.20. The van der Waals surface area contributed by atoms with Crippen LogP contribution in [0.15, 0.2) is 0 Å². The first-order valence-electron chi connectivity index (χ1n) is 12.8. The van der Waals surface area contributed by atoms with Crippen LogP contribution in [0.2, 0.25) is 0 Å². The summed E-state index contributed by atoms with van der Waals surface area (Å²) in [4.78, 5) is 11.4. The third-order valence-electron chi connectivity index (χ3n) is 6.67. The molecule has 2 aliphatic heterocycles. The molecular weight excluding hydrogens is 448 g/mol. The molecule has 2 N–H and O–H groups in total. The molecule has 2 aliphatic rings. The Labute approximate surface area is 199 Å². The predicted octanol–water partition coefficient (Wildman–Crippen LogP) is 3.62. The van der Waals surface area contributed by atoms with Crippen molar-refractivity contribution in [2.24, 2.45) is 0 Å². The standard InChI is InChI=1S/C24H44O8S/c1-3-4-5-6-7-8-9-10-11-18(25)19(26)12-13-23(32-33(2,28)29)22-15-14-20(30-22)21-16-17-24(27)31-21/h18-23,25-26H,3-17H2,1-2H3/t18-,19-,20+,21-,22+,23-/m1/s1. The summed E-state index contributed by atoms with van der Waals surface area (Å²) in [6, 6.07) is 0. The molecule has 0 radical (unpaired) electrons. The molecule has 2 rings (SSSR count). The number of aliphatic hydroxyl groups excluding tert-OH is 2. The number of rotatable bonds is 17. The molecular formula is C24H44O8S. The zero-order chi connectivity index (χ0) is 24.3. The largest absolute Gasteiger partial charge is 0.460 e. The van der Waals surface area contributed by atoms with Gasteiger partial charge in [-0.15, -0.1) is 0 Å². The molecule has 0 aromatic carbocycles. The summed E-state index contributed by atoms with van der Waals surface area (Å²) in [6.07, 6.45) is 10.1. The smallest absolute Gasteiger partial charge is 0.306 e. The van der Waals surface area contributed by atoms with Gasteiger partial charge in [0.15, 0.2) is 0 Å². The summed E-state index contributed by atoms with van der Waals surface area (Å²) in [5.41, 5.74) is 0. The average molecular weight is 493 g/mol. The van der Waals surface area contributed by atoms with Gasteiger partial charge < -0.3 is 19.7 Å². The van der Waals surface area contributed by atoms with Crippen LogP contribution < -0.4 is 0 Å². The van der Waals surface area contributed by atoms with Gasteiger partial charge in [0.2, 0.25) is 0 Å². The van der Waals surface area contributed by atoms with Crippen molar-refractivity contribution in [1.29, 1.82) is 0 Å². The number of cyclic esters (lactones) is 1. The van der Waals surface area contributed by atoms with Crippen LogP contribution in [0.4, 0.5) is 0 Å². The second kappa shape index (κ2) is 14.6. The fraction of sp³-hybridized carbons (Fsp3) is 0.958. The Morgan fingerprint density at radius 1 is 0.909 bits per heavy atom. The van der Waals surface area contributed by atoms with Gasteiger partial charge in [0, 0.05) is 6.42 Å². The van der Waals surface area contributed by atoms with Crippen molar-refractivity contribution in [1.82, 2.24) is 0 Å². The third kappa shape index (κ3) is 11.0. The third-order valence-corrected chi connectivity index (χ3v) is 7.27. The van der Waals surface area contributed by atoms with E-state index in [-0.39, 0.29) is 31.0 Å². The highest BCUT2D eigenvalue weighted by molar-refractivity contribution is 7.86. The Bertz CT molecular complexity index is 667. The number of carbonyl (C=O) groups excluding carboxylic acids is 1. The number of esters is 1. The Morgan fingerprint density at radius 2 is 1.55 bits per heavy atom. The first-order valence-corrected chi connectivity index (χ1v) is 14.6. The van der Waals surface area contributed by atoms with E-state index in [9.17, 15) is 23.4 Å². The maximum absolute atomic E-state index is 11.8. The van der Waals surface area contributed by atoms with E-state index in [4.69, 9.17) is 13.7 Å². The first kappa shape index (κ1) is 28.5. The van der Waals surface area contributed by atoms with Gasteiger partial charge in [-0.05, 0) is 38.5 Å². The van der Waals surface area contributed by atoms with E-state index < -0.39 is 34.5 Å². The molecule has 9 heteroatoms. The number of carbonyl (C=O) groups is 1. The summed E-state index contributed by atoms with van der Waals surface area (Å²) in [5, 5.41) is 20.7. The molecule has 0 aliphatic carbocycles. The molecule has 2 heterocycles. The lowest BCUT2D eigenvalue weighted by molar-refractivity contribution is -0.148. The van der Waals surface area contributed by atoms with E-state index in [1.54, 1.807) is 0 Å². The molecule has 33 heavy (non-hydrogen) atoms. The summed E-state index contributed by atoms with van der Waals surface area (Å²) in [7, 11) is -3.71. The normalized spacial score (nSPS) is 26.3. The number of hydrogen-bond acceptors (Lipinski definition) is 8. The highest BCUT2D eigenvalue weighted by atomic mass is 32.2. The van der Waals surface area contributed by atoms with Gasteiger partial charge in [-0.25, -0.2) is 0 Å². The minimum Gasteiger partial charge on any atom is -0.460 e. The fourth-order valence-electron chi connectivity index (χ4n) is 4.77. The van der Waals surface area contributed by atoms with Crippen molar-refractivity contribution in [3.63, 3.8) is 0 Å². The lowest BCUT2D eigenvalue weighted by Crippen LogP contribution is -2.35. The van der Waals surface area contributed by atoms with Crippen molar-refractivity contribution in [2.45, 2.75) is 140 Å². The minimum atomic E-state index is -3.71. The van der Waals surface area contributed by atoms with E-state index in [1.807, 2.05) is 0 Å². The Kier molecular flexibility index (Phi) is 12.6. The van der Waals surface area contributed by atoms with Crippen molar-refractivity contribution >= 4 is 16.1 Å². The molecule has 0 spiro atoms. The Morgan fingerprint density at radius 3 is 2.15 bits per heavy atom. The molecule has 6 atom stereocenters. The van der Waals surface area contributed by atoms with Gasteiger partial charge in [-0.1, -0.05) is 58.3 Å². The van der Waals surface area contributed by atoms with Crippen molar-refractivity contribution in [2.75, 3.05) is 6.26 Å². The summed E-state index contributed by atoms with van der Waals surface area (Å²) in [5.74, 6) is -0.232. The second-order valence-electron chi connectivity index (χ2n) is 9.67. The highest BCUT2D eigenvalue weighted by Crippen LogP contribution is 2.33. The second-order valence-corrected chi connectivity index (χ2v) is 11.3. The number of aliphatic hydroxyl groups is 2. The molecule has 2 fully saturated rings. The SMILES string of the molecule is CCCCCCCCCC[C@@H](O)[C@H](O)CC[C@@H](OS(C)(=O)=O)[C@@H]1CC[C@@H]([C@H]2CCC(=O)O2)O1. The van der Waals surface area contributed by atoms with Crippen LogP contribution in [-0.4, -0.2) is 67.5 Å². The van der Waals surface area contributed by atoms with Crippen LogP contribution in [-0.2, 0) is 28.6 Å². The van der Waals surface area contributed by atoms with Crippen LogP contribution in [0.5, 0.6) is 0 Å². The van der Waals surface area contributed by atoms with Crippen LogP contribution in [0.3, 0.4) is 0 Å². The quantitative estimate of drug-likeness (QED) is 0.179. The predicted molar refractivity (Wildman–Crippen MR) is 125 cm³/mol. The number of hydrogen-bond donors (Lipinski definition) is 2. The molecule has 0 bridgehead atoms. The van der Waals surface area contributed by atoms with E-state index >= 15 is 0 Å². The van der Waals surface area contributed by atoms with E-state index in [0.717, 1.165) is 25.5 Å². The molecule has 0 unspecified atom stereocenters. The topological polar surface area (TPSA) is 119 Å². The van der Waals surface area contributed by atoms with Gasteiger partial charge in [-0.3, -0.25) is 8.98 Å². The Hall–Kier alpha value is -0.740. The van der Waals surface area contributed by atoms with Crippen LogP contribution in [0.1, 0.15) is 103 Å². The number of ether oxygens (including phenoxy) is 2. The Balaban J connectivity index is 1.72. The van der Waals surface area contributed by atoms with E-state index in [2.05, 4.69) is 6.92 Å². The van der Waals surface area contributed by atoms with Gasteiger partial charge in [0.25, 0.3) is 10.1 Å². The maximum atomic E-state index is 11.8. The van der Waals surface area contributed by atoms with Crippen molar-refractivity contribution in [3.8, 4) is 0 Å². The average Bonchev–Trinajstić information content (AvgIpc) is 3.41. The minimum absolute atomic E-state index is 0.224. The van der Waals surface area contributed by atoms with Crippen molar-refractivity contribution < 1.29 is 37.1 Å². The van der Waals surface area contributed by atoms with Crippen molar-refractivity contribution in [3.05, 3.63) is 0 Å². The van der Waals surface area contributed by atoms with E-state index in [0.29, 0.717) is 32.1 Å². The molecule has 8 nitrogen and oxygen atoms in total. The van der Waals surface area contributed by atoms with Crippen LogP contribution >= 0.6 is 0 Å². The highest BCUT2D eigenvalue weighted by Gasteiger charge is 2.41. The fourth-order valence-corrected chi connectivity index (χ4v) is 5.44. The molecule has 0 aromatic heterocycles. The summed E-state index contributed by atoms with van der Waals surface area (Å²) < 4.78 is 40.2. The lowest BCUT2D eigenvalue weighted by Gasteiger charge is -2.26. The molecule has 2 saturated heterocycles. The lowest BCUT2D eigenvalue weighted by atomic mass is 9.97. The maximum Gasteiger partial charge on any atom is 0.306 e. The molecule has 194 valence electrons. The zero-order valence-electron chi connectivity index (χ0n) is 20.3. The van der Waals surface area contributed by atoms with E-state index in [1.165, 1.54) is 32.1 Å². The number of unbranched alkanes of at least 4 members (excludes halogenated alkanes) is 7. The zero-order valence-corrected chi connectivity index (χ0v) is 21.1. The van der Waals surface area contributed by atoms with Gasteiger partial charge >= 0.3 is 5.97 Å². The monoisotopic (exact) mass is 492 g/mol. The van der Waals surface area contributed by atoms with Gasteiger partial charge in [0.05, 0.1) is 30.7 Å². The van der Waals surface area contributed by atoms with Gasteiger partial charge in [-0.2, -0.15) is 8.42 Å². The molecule has 0 aromatic rings. The first-order chi connectivity index (χ1) is 15.7. The molecule has 0 amide bonds. The summed E-state index contributed by atoms with van der Waals surface area (Å²) >= 11 is 0. The van der Waals surface area contributed by atoms with Crippen LogP contribution in [0, 0.1) is 0 Å². The van der Waals surface area contributed by atoms with Gasteiger partial charge in [0.1, 0.15) is 12.2 Å². The van der Waals surface area contributed by atoms with Crippen LogP contribution in [0.25, 0.3) is 0 Å².